The summed E-state index contributed by atoms with van der Waals surface area (Å²) in [6, 6.07) is 0. The standard InChI is InChI=1S/C3H10NOPS/c1-5-6(2,7)3-4/h3-4H2,1-2H3. The van der Waals surface area contributed by atoms with Crippen LogP contribution >= 0.6 is 6.26 Å². The SMILES string of the molecule is COP(C)(=S)CN. The molecule has 0 heterocycles. The largest absolute Gasteiger partial charge is 0.353 e. The van der Waals surface area contributed by atoms with E-state index in [0.717, 1.165) is 0 Å². The number of hydrogen-bond acceptors (Lipinski definition) is 3. The Morgan fingerprint density at radius 1 is 1.86 bits per heavy atom. The van der Waals surface area contributed by atoms with Gasteiger partial charge in [0.1, 0.15) is 0 Å². The Balaban J connectivity index is 3.61. The molecule has 0 aromatic rings. The van der Waals surface area contributed by atoms with Gasteiger partial charge in [0.2, 0.25) is 0 Å². The van der Waals surface area contributed by atoms with E-state index in [1.54, 1.807) is 7.11 Å². The highest BCUT2D eigenvalue weighted by Crippen LogP contribution is 2.38. The second-order valence-electron chi connectivity index (χ2n) is 1.38. The van der Waals surface area contributed by atoms with Crippen molar-refractivity contribution < 1.29 is 4.52 Å². The van der Waals surface area contributed by atoms with E-state index in [2.05, 4.69) is 0 Å². The molecule has 0 aliphatic heterocycles. The Bertz CT molecular complexity index is 86.9. The molecule has 0 amide bonds. The lowest BCUT2D eigenvalue weighted by atomic mass is 11.5. The summed E-state index contributed by atoms with van der Waals surface area (Å²) >= 11 is 4.91. The summed E-state index contributed by atoms with van der Waals surface area (Å²) in [7, 11) is 1.60. The topological polar surface area (TPSA) is 35.2 Å². The molecule has 0 saturated heterocycles. The van der Waals surface area contributed by atoms with Crippen molar-refractivity contribution in [3.8, 4) is 0 Å². The monoisotopic (exact) mass is 139 g/mol. The summed E-state index contributed by atoms with van der Waals surface area (Å²) in [5, 5.41) is 0. The van der Waals surface area contributed by atoms with E-state index in [-0.39, 0.29) is 0 Å². The van der Waals surface area contributed by atoms with E-state index >= 15 is 0 Å². The van der Waals surface area contributed by atoms with Crippen LogP contribution in [-0.2, 0) is 16.3 Å². The molecular weight excluding hydrogens is 129 g/mol. The van der Waals surface area contributed by atoms with Gasteiger partial charge in [-0.05, 0) is 6.66 Å². The lowest BCUT2D eigenvalue weighted by molar-refractivity contribution is 0.463. The van der Waals surface area contributed by atoms with E-state index in [9.17, 15) is 0 Å². The predicted molar refractivity (Wildman–Crippen MR) is 36.3 cm³/mol. The molecular formula is C3H10NOPS. The number of nitrogens with two attached hydrogens (primary N) is 1. The fourth-order valence-electron chi connectivity index (χ4n) is 0.0745. The number of rotatable bonds is 2. The Hall–Kier alpha value is 0.570. The zero-order valence-electron chi connectivity index (χ0n) is 4.55. The molecule has 0 saturated carbocycles. The molecule has 0 fully saturated rings. The first-order chi connectivity index (χ1) is 3.12. The minimum atomic E-state index is -1.54. The van der Waals surface area contributed by atoms with Gasteiger partial charge in [-0.25, -0.2) is 0 Å². The molecule has 0 aromatic carbocycles. The summed E-state index contributed by atoms with van der Waals surface area (Å²) in [4.78, 5) is 0. The fourth-order valence-corrected chi connectivity index (χ4v) is 0.224. The highest BCUT2D eigenvalue weighted by molar-refractivity contribution is 8.11. The molecule has 2 N–H and O–H groups in total. The van der Waals surface area contributed by atoms with Gasteiger partial charge in [-0.2, -0.15) is 0 Å². The van der Waals surface area contributed by atoms with Gasteiger partial charge in [-0.3, -0.25) is 0 Å². The lowest BCUT2D eigenvalue weighted by Crippen LogP contribution is -1.99. The van der Waals surface area contributed by atoms with Gasteiger partial charge in [0.05, 0.1) is 6.26 Å². The van der Waals surface area contributed by atoms with Crippen molar-refractivity contribution >= 4 is 18.1 Å². The average molecular weight is 139 g/mol. The van der Waals surface area contributed by atoms with Gasteiger partial charge >= 0.3 is 0 Å². The van der Waals surface area contributed by atoms with Gasteiger partial charge in [0.25, 0.3) is 0 Å². The normalized spacial score (nSPS) is 18.7. The van der Waals surface area contributed by atoms with Crippen LogP contribution < -0.4 is 5.73 Å². The molecule has 44 valence electrons. The van der Waals surface area contributed by atoms with Crippen LogP contribution in [-0.4, -0.2) is 20.1 Å². The maximum Gasteiger partial charge on any atom is 0.0768 e. The van der Waals surface area contributed by atoms with Crippen molar-refractivity contribution in [2.24, 2.45) is 5.73 Å². The minimum Gasteiger partial charge on any atom is -0.353 e. The van der Waals surface area contributed by atoms with Gasteiger partial charge in [-0.15, -0.1) is 0 Å². The molecule has 1 atom stereocenters. The van der Waals surface area contributed by atoms with Crippen molar-refractivity contribution in [1.82, 2.24) is 0 Å². The quantitative estimate of drug-likeness (QED) is 0.568. The zero-order chi connectivity index (χ0) is 5.91. The summed E-state index contributed by atoms with van der Waals surface area (Å²) in [6.45, 7) is 1.88. The molecule has 0 aromatic heterocycles. The molecule has 0 spiro atoms. The number of hydrogen-bond donors (Lipinski definition) is 1. The fraction of sp³-hybridized carbons (Fsp3) is 1.00. The van der Waals surface area contributed by atoms with E-state index in [1.807, 2.05) is 6.66 Å². The van der Waals surface area contributed by atoms with Crippen molar-refractivity contribution in [2.75, 3.05) is 20.1 Å². The van der Waals surface area contributed by atoms with Crippen LogP contribution in [0, 0.1) is 0 Å². The third-order valence-corrected chi connectivity index (χ3v) is 3.05. The maximum absolute atomic E-state index is 5.24. The summed E-state index contributed by atoms with van der Waals surface area (Å²) in [5.41, 5.74) is 5.24. The summed E-state index contributed by atoms with van der Waals surface area (Å²) < 4.78 is 4.89. The molecule has 1 unspecified atom stereocenters. The van der Waals surface area contributed by atoms with Crippen molar-refractivity contribution in [3.63, 3.8) is 0 Å². The first-order valence-electron chi connectivity index (χ1n) is 1.95. The van der Waals surface area contributed by atoms with Crippen molar-refractivity contribution in [3.05, 3.63) is 0 Å². The molecule has 0 bridgehead atoms. The molecule has 0 radical (unpaired) electrons. The molecule has 2 nitrogen and oxygen atoms in total. The lowest BCUT2D eigenvalue weighted by Gasteiger charge is -2.08. The van der Waals surface area contributed by atoms with Crippen LogP contribution in [0.3, 0.4) is 0 Å². The van der Waals surface area contributed by atoms with Crippen molar-refractivity contribution in [2.45, 2.75) is 0 Å². The first-order valence-corrected chi connectivity index (χ1v) is 5.30. The van der Waals surface area contributed by atoms with Gasteiger partial charge < -0.3 is 10.3 Å². The Kier molecular flexibility index (Phi) is 3.00. The molecule has 0 aliphatic rings. The van der Waals surface area contributed by atoms with Gasteiger partial charge in [0, 0.05) is 13.4 Å². The molecule has 0 aliphatic carbocycles. The second kappa shape index (κ2) is 2.78. The third kappa shape index (κ3) is 3.18. The summed E-state index contributed by atoms with van der Waals surface area (Å²) in [6.07, 6.45) is -1.04. The van der Waals surface area contributed by atoms with Crippen LogP contribution in [0.25, 0.3) is 0 Å². The minimum absolute atomic E-state index is 0.499. The molecule has 4 heteroatoms. The Morgan fingerprint density at radius 2 is 2.29 bits per heavy atom. The highest BCUT2D eigenvalue weighted by atomic mass is 32.4. The van der Waals surface area contributed by atoms with Crippen LogP contribution in [0.1, 0.15) is 0 Å². The first kappa shape index (κ1) is 7.57. The predicted octanol–water partition coefficient (Wildman–Crippen LogP) is 0.573. The smallest absolute Gasteiger partial charge is 0.0768 e. The van der Waals surface area contributed by atoms with E-state index in [1.165, 1.54) is 0 Å². The van der Waals surface area contributed by atoms with E-state index in [4.69, 9.17) is 22.1 Å². The Morgan fingerprint density at radius 3 is 2.29 bits per heavy atom. The van der Waals surface area contributed by atoms with E-state index in [0.29, 0.717) is 6.29 Å². The van der Waals surface area contributed by atoms with Gasteiger partial charge in [-0.1, -0.05) is 11.8 Å². The van der Waals surface area contributed by atoms with E-state index < -0.39 is 6.26 Å². The Labute approximate surface area is 49.1 Å². The molecule has 7 heavy (non-hydrogen) atoms. The maximum atomic E-state index is 5.24. The second-order valence-corrected chi connectivity index (χ2v) is 6.46. The summed E-state index contributed by atoms with van der Waals surface area (Å²) in [5.74, 6) is 0. The van der Waals surface area contributed by atoms with Crippen LogP contribution in [0.5, 0.6) is 0 Å². The van der Waals surface area contributed by atoms with Crippen LogP contribution in [0.4, 0.5) is 0 Å². The van der Waals surface area contributed by atoms with Crippen molar-refractivity contribution in [1.29, 1.82) is 0 Å². The highest BCUT2D eigenvalue weighted by Gasteiger charge is 2.01. The third-order valence-electron chi connectivity index (χ3n) is 0.718. The average Bonchev–Trinajstić information content (AvgIpc) is 1.68. The van der Waals surface area contributed by atoms with Crippen LogP contribution in [0.15, 0.2) is 0 Å². The van der Waals surface area contributed by atoms with Gasteiger partial charge in [0.15, 0.2) is 0 Å². The zero-order valence-corrected chi connectivity index (χ0v) is 6.26. The molecule has 0 rings (SSSR count). The van der Waals surface area contributed by atoms with Crippen LogP contribution in [0.2, 0.25) is 0 Å².